The Labute approximate surface area is 158 Å². The monoisotopic (exact) mass is 385 g/mol. The van der Waals surface area contributed by atoms with Crippen molar-refractivity contribution in [3.8, 4) is 34.9 Å². The van der Waals surface area contributed by atoms with Crippen molar-refractivity contribution in [3.63, 3.8) is 0 Å². The number of nitrogens with one attached hydrogen (secondary N) is 1. The Bertz CT molecular complexity index is 1020. The van der Waals surface area contributed by atoms with Crippen LogP contribution in [0, 0.1) is 11.8 Å². The maximum atomic E-state index is 10.6. The Morgan fingerprint density at radius 1 is 1.19 bits per heavy atom. The molecule has 2 aromatic heterocycles. The van der Waals surface area contributed by atoms with Crippen molar-refractivity contribution in [3.05, 3.63) is 41.7 Å². The van der Waals surface area contributed by atoms with Crippen LogP contribution in [0.4, 0.5) is 0 Å². The minimum absolute atomic E-state index is 0.102. The molecular weight excluding hydrogens is 370 g/mol. The first-order valence-electron chi connectivity index (χ1n) is 7.70. The van der Waals surface area contributed by atoms with Gasteiger partial charge in [0.15, 0.2) is 34.0 Å². The first-order chi connectivity index (χ1) is 13.1. The number of aromatic amines is 1. The number of ether oxygens (including phenoxy) is 2. The molecule has 0 amide bonds. The molecule has 0 atom stereocenters. The van der Waals surface area contributed by atoms with E-state index < -0.39 is 5.97 Å². The van der Waals surface area contributed by atoms with Gasteiger partial charge in [0.25, 0.3) is 0 Å². The Kier molecular flexibility index (Phi) is 5.68. The second kappa shape index (κ2) is 8.33. The highest BCUT2D eigenvalue weighted by Crippen LogP contribution is 2.27. The summed E-state index contributed by atoms with van der Waals surface area (Å²) >= 11 is 1.04. The van der Waals surface area contributed by atoms with Gasteiger partial charge >= 0.3 is 5.97 Å². The van der Waals surface area contributed by atoms with Crippen LogP contribution in [0.25, 0.3) is 11.6 Å². The largest absolute Gasteiger partial charge is 0.493 e. The number of benzene rings is 1. The quantitative estimate of drug-likeness (QED) is 0.492. The zero-order valence-electron chi connectivity index (χ0n) is 14.5. The number of nitrogens with zero attached hydrogens (tertiary/aromatic N) is 2. The number of aromatic nitrogens is 3. The molecule has 0 saturated carbocycles. The fourth-order valence-corrected chi connectivity index (χ4v) is 2.66. The first kappa shape index (κ1) is 18.4. The molecule has 0 saturated heterocycles. The third-order valence-electron chi connectivity index (χ3n) is 3.35. The van der Waals surface area contributed by atoms with Crippen LogP contribution in [0.2, 0.25) is 0 Å². The van der Waals surface area contributed by atoms with Crippen molar-refractivity contribution in [2.45, 2.75) is 5.16 Å². The van der Waals surface area contributed by atoms with Gasteiger partial charge < -0.3 is 24.0 Å². The Morgan fingerprint density at radius 2 is 2.00 bits per heavy atom. The van der Waals surface area contributed by atoms with Crippen LogP contribution < -0.4 is 9.47 Å². The summed E-state index contributed by atoms with van der Waals surface area (Å²) in [5.74, 6) is 7.44. The number of hydrogen-bond donors (Lipinski definition) is 2. The van der Waals surface area contributed by atoms with Gasteiger partial charge in [0.05, 0.1) is 20.0 Å². The van der Waals surface area contributed by atoms with E-state index >= 15 is 0 Å². The number of methoxy groups -OCH3 is 2. The predicted molar refractivity (Wildman–Crippen MR) is 98.0 cm³/mol. The summed E-state index contributed by atoms with van der Waals surface area (Å²) in [7, 11) is 3.14. The van der Waals surface area contributed by atoms with E-state index in [9.17, 15) is 4.79 Å². The van der Waals surface area contributed by atoms with Crippen LogP contribution in [-0.2, 0) is 4.79 Å². The highest BCUT2D eigenvalue weighted by atomic mass is 32.2. The lowest BCUT2D eigenvalue weighted by atomic mass is 10.2. The minimum Gasteiger partial charge on any atom is -0.493 e. The van der Waals surface area contributed by atoms with Crippen molar-refractivity contribution in [1.82, 2.24) is 15.2 Å². The minimum atomic E-state index is -0.927. The fraction of sp³-hybridized carbons (Fsp3) is 0.167. The maximum Gasteiger partial charge on any atom is 0.313 e. The van der Waals surface area contributed by atoms with Crippen LogP contribution >= 0.6 is 11.8 Å². The van der Waals surface area contributed by atoms with Crippen LogP contribution in [0.1, 0.15) is 11.3 Å². The molecule has 3 rings (SSSR count). The third-order valence-corrected chi connectivity index (χ3v) is 4.20. The molecule has 8 nitrogen and oxygen atoms in total. The number of carboxylic acids is 1. The van der Waals surface area contributed by atoms with Crippen LogP contribution in [0.3, 0.4) is 0 Å². The molecule has 9 heteroatoms. The molecule has 0 bridgehead atoms. The van der Waals surface area contributed by atoms with Gasteiger partial charge in [0.1, 0.15) is 0 Å². The molecule has 0 aliphatic heterocycles. The molecule has 2 heterocycles. The van der Waals surface area contributed by atoms with E-state index in [-0.39, 0.29) is 5.75 Å². The summed E-state index contributed by atoms with van der Waals surface area (Å²) in [6.45, 7) is 0. The van der Waals surface area contributed by atoms with Crippen molar-refractivity contribution in [2.75, 3.05) is 20.0 Å². The van der Waals surface area contributed by atoms with E-state index in [0.717, 1.165) is 17.3 Å². The van der Waals surface area contributed by atoms with Gasteiger partial charge in [-0.3, -0.25) is 4.79 Å². The van der Waals surface area contributed by atoms with E-state index in [1.807, 2.05) is 6.07 Å². The van der Waals surface area contributed by atoms with Crippen molar-refractivity contribution in [1.29, 1.82) is 0 Å². The lowest BCUT2D eigenvalue weighted by Crippen LogP contribution is -1.97. The van der Waals surface area contributed by atoms with E-state index in [1.54, 1.807) is 38.5 Å². The molecule has 0 radical (unpaired) electrons. The summed E-state index contributed by atoms with van der Waals surface area (Å²) in [5, 5.41) is 16.9. The molecule has 0 unspecified atom stereocenters. The summed E-state index contributed by atoms with van der Waals surface area (Å²) in [6, 6.07) is 8.81. The summed E-state index contributed by atoms with van der Waals surface area (Å²) < 4.78 is 16.1. The van der Waals surface area contributed by atoms with E-state index in [1.165, 1.54) is 0 Å². The third kappa shape index (κ3) is 4.62. The Hall–Kier alpha value is -3.38. The van der Waals surface area contributed by atoms with Gasteiger partial charge in [0, 0.05) is 5.56 Å². The van der Waals surface area contributed by atoms with Gasteiger partial charge in [-0.1, -0.05) is 17.7 Å². The number of aliphatic carboxylic acids is 1. The molecule has 0 aliphatic rings. The number of carbonyl (C=O) groups is 1. The number of carboxylic acid groups (broad SMARTS) is 1. The standard InChI is InChI=1S/C18H15N3O5S/c1-24-13-7-4-11(9-15(13)25-2)3-5-12-6-8-14(26-12)17-19-18(21-20-17)27-10-16(22)23/h4,6-9H,10H2,1-2H3,(H,22,23)(H,19,20,21). The second-order valence-corrected chi connectivity index (χ2v) is 6.11. The molecule has 2 N–H and O–H groups in total. The van der Waals surface area contributed by atoms with Crippen molar-refractivity contribution >= 4 is 17.7 Å². The zero-order chi connectivity index (χ0) is 19.2. The number of rotatable bonds is 6. The molecule has 3 aromatic rings. The van der Waals surface area contributed by atoms with Crippen molar-refractivity contribution in [2.24, 2.45) is 0 Å². The normalized spacial score (nSPS) is 10.1. The smallest absolute Gasteiger partial charge is 0.313 e. The van der Waals surface area contributed by atoms with Gasteiger partial charge in [-0.05, 0) is 36.3 Å². The zero-order valence-corrected chi connectivity index (χ0v) is 15.3. The predicted octanol–water partition coefficient (Wildman–Crippen LogP) is 2.66. The number of thioether (sulfide) groups is 1. The lowest BCUT2D eigenvalue weighted by Gasteiger charge is -2.06. The molecule has 27 heavy (non-hydrogen) atoms. The first-order valence-corrected chi connectivity index (χ1v) is 8.69. The molecule has 0 fully saturated rings. The summed E-state index contributed by atoms with van der Waals surface area (Å²) in [6.07, 6.45) is 0. The molecular formula is C18H15N3O5S. The lowest BCUT2D eigenvalue weighted by molar-refractivity contribution is -0.133. The average molecular weight is 385 g/mol. The Balaban J connectivity index is 1.74. The van der Waals surface area contributed by atoms with Gasteiger partial charge in [-0.25, -0.2) is 0 Å². The van der Waals surface area contributed by atoms with E-state index in [2.05, 4.69) is 27.0 Å². The van der Waals surface area contributed by atoms with Crippen LogP contribution in [0.15, 0.2) is 39.9 Å². The topological polar surface area (TPSA) is 110 Å². The molecule has 1 aromatic carbocycles. The van der Waals surface area contributed by atoms with Crippen LogP contribution in [-0.4, -0.2) is 46.2 Å². The number of hydrogen-bond acceptors (Lipinski definition) is 7. The molecule has 0 aliphatic carbocycles. The summed E-state index contributed by atoms with van der Waals surface area (Å²) in [5.41, 5.74) is 0.748. The van der Waals surface area contributed by atoms with Crippen LogP contribution in [0.5, 0.6) is 11.5 Å². The highest BCUT2D eigenvalue weighted by molar-refractivity contribution is 7.99. The van der Waals surface area contributed by atoms with Crippen molar-refractivity contribution < 1.29 is 23.8 Å². The SMILES string of the molecule is COc1ccc(C#Cc2ccc(-c3nnc(SCC(=O)O)[nH]3)o2)cc1OC. The van der Waals surface area contributed by atoms with Gasteiger partial charge in [0.2, 0.25) is 0 Å². The number of furan rings is 1. The highest BCUT2D eigenvalue weighted by Gasteiger charge is 2.11. The maximum absolute atomic E-state index is 10.6. The van der Waals surface area contributed by atoms with E-state index in [0.29, 0.717) is 34.0 Å². The van der Waals surface area contributed by atoms with E-state index in [4.69, 9.17) is 19.0 Å². The van der Waals surface area contributed by atoms with Gasteiger partial charge in [-0.2, -0.15) is 0 Å². The number of H-pyrrole nitrogens is 1. The average Bonchev–Trinajstić information content (AvgIpc) is 3.33. The summed E-state index contributed by atoms with van der Waals surface area (Å²) in [4.78, 5) is 13.5. The fourth-order valence-electron chi connectivity index (χ4n) is 2.13. The van der Waals surface area contributed by atoms with Gasteiger partial charge in [-0.15, -0.1) is 10.2 Å². The molecule has 0 spiro atoms. The molecule has 138 valence electrons. The Morgan fingerprint density at radius 3 is 2.74 bits per heavy atom. The second-order valence-electron chi connectivity index (χ2n) is 5.14.